The smallest absolute Gasteiger partial charge is 0.421 e. The van der Waals surface area contributed by atoms with Crippen molar-refractivity contribution in [2.24, 2.45) is 35.5 Å². The lowest BCUT2D eigenvalue weighted by Gasteiger charge is -2.34. The van der Waals surface area contributed by atoms with E-state index in [0.29, 0.717) is 61.5 Å². The molecule has 32 heteroatoms. The summed E-state index contributed by atoms with van der Waals surface area (Å²) in [5.74, 6) is -5.30. The second-order valence-corrected chi connectivity index (χ2v) is 31.9. The van der Waals surface area contributed by atoms with Gasteiger partial charge >= 0.3 is 36.4 Å². The third-order valence-corrected chi connectivity index (χ3v) is 21.8. The summed E-state index contributed by atoms with van der Waals surface area (Å²) >= 11 is 5.66. The highest BCUT2D eigenvalue weighted by Gasteiger charge is 2.42. The standard InChI is InChI=1S/C29H36F3N3O5.C29H34F3N3O5.C26H30ClF3N2O4.3CH4/c2*1-17(2)35(27(37)20-6-4-18(3)5-7-20)25-9-8-22(13-23(25)28(38)39)40-26-24(29(30,31)32)12-19(14-33-26)15-34-11-10-21(36)16-34;1-15(2)32(24(33)18-7-5-16(3)6-8-18)22-10-9-19(12-20(22)25(34)35-4)36-23-21(26(28,29)30)11-17(13-27)14-31-23;;;/h8-9,12-14,17-18,20-21,36H,4-7,10-11,15-16H2,1-3H3,(H,38,39);8-9,12-14,17-18,20H,4-7,10-11,15-16H2,1-3H3,(H,38,39);9-12,14-16,18H,5-8,13H2,1-4H3;3*1H4. The SMILES string of the molecule is C.C.C.CC1CCC(C(=O)N(c2ccc(Oc3ncc(CN4CCC(=O)C4)cc3C(F)(F)F)cc2C(=O)O)C(C)C)CC1.CC1CCC(C(=O)N(c2ccc(Oc3ncc(CN4CCC(O)C4)cc3C(F)(F)F)cc2C(=O)O)C(C)C)CC1.COC(=O)c1cc(Oc2ncc(CCl)cc2C(F)(F)F)ccc1N(C(=O)C1CCC(C)CC1)C(C)C. The summed E-state index contributed by atoms with van der Waals surface area (Å²) in [6.45, 7) is 19.2. The van der Waals surface area contributed by atoms with Crippen LogP contribution in [0, 0.1) is 35.5 Å². The number of ether oxygens (including phenoxy) is 4. The van der Waals surface area contributed by atoms with E-state index in [0.717, 1.165) is 107 Å². The molecule has 0 spiro atoms. The first-order chi connectivity index (χ1) is 54.6. The Morgan fingerprint density at radius 1 is 0.479 bits per heavy atom. The molecule has 3 aliphatic carbocycles. The molecular formula is C87H112ClF9N8O14. The van der Waals surface area contributed by atoms with Crippen LogP contribution in [0.3, 0.4) is 0 Å². The Kier molecular flexibility index (Phi) is 35.3. The highest BCUT2D eigenvalue weighted by molar-refractivity contribution is 6.17. The highest BCUT2D eigenvalue weighted by Crippen LogP contribution is 2.45. The van der Waals surface area contributed by atoms with Crippen LogP contribution in [0.25, 0.3) is 0 Å². The van der Waals surface area contributed by atoms with Crippen molar-refractivity contribution in [2.75, 3.05) is 48.0 Å². The molecule has 2 saturated heterocycles. The molecule has 3 aromatic heterocycles. The van der Waals surface area contributed by atoms with Gasteiger partial charge in [-0.3, -0.25) is 29.0 Å². The number of nitrogens with zero attached hydrogens (tertiary/aromatic N) is 8. The van der Waals surface area contributed by atoms with Gasteiger partial charge in [-0.1, -0.05) is 43.1 Å². The van der Waals surface area contributed by atoms with E-state index in [9.17, 15) is 88.4 Å². The summed E-state index contributed by atoms with van der Waals surface area (Å²) in [6, 6.07) is 13.7. The summed E-state index contributed by atoms with van der Waals surface area (Å²) in [6.07, 6.45) is -0.0907. The van der Waals surface area contributed by atoms with Crippen molar-refractivity contribution in [3.63, 3.8) is 0 Å². The van der Waals surface area contributed by atoms with E-state index in [1.54, 1.807) is 37.5 Å². The summed E-state index contributed by atoms with van der Waals surface area (Å²) in [5.41, 5.74) is -2.35. The van der Waals surface area contributed by atoms with E-state index in [-0.39, 0.29) is 164 Å². The number of amides is 3. The van der Waals surface area contributed by atoms with Crippen molar-refractivity contribution in [3.05, 3.63) is 141 Å². The van der Waals surface area contributed by atoms with Gasteiger partial charge in [0, 0.05) is 99.5 Å². The number of aliphatic hydroxyl groups excluding tert-OH is 1. The second kappa shape index (κ2) is 42.7. The van der Waals surface area contributed by atoms with Crippen molar-refractivity contribution >= 4 is 70.1 Å². The Morgan fingerprint density at radius 2 is 0.798 bits per heavy atom. The number of hydrogen-bond donors (Lipinski definition) is 3. The Bertz CT molecular complexity index is 4480. The minimum absolute atomic E-state index is 0. The third kappa shape index (κ3) is 25.8. The van der Waals surface area contributed by atoms with Crippen LogP contribution in [0.5, 0.6) is 34.9 Å². The minimum atomic E-state index is -4.78. The first-order valence-electron chi connectivity index (χ1n) is 39.0. The zero-order chi connectivity index (χ0) is 85.0. The Labute approximate surface area is 695 Å². The summed E-state index contributed by atoms with van der Waals surface area (Å²) < 4.78 is 146. The number of aromatic carboxylic acids is 2. The quantitative estimate of drug-likeness (QED) is 0.0305. The van der Waals surface area contributed by atoms with Crippen LogP contribution in [0.1, 0.15) is 239 Å². The first kappa shape index (κ1) is 98.4. The molecule has 3 aromatic carbocycles. The average molecular weight is 1700 g/mol. The normalized spacial score (nSPS) is 19.6. The third-order valence-electron chi connectivity index (χ3n) is 21.5. The number of esters is 1. The van der Waals surface area contributed by atoms with Crippen LogP contribution in [0.4, 0.5) is 56.6 Å². The molecule has 3 saturated carbocycles. The van der Waals surface area contributed by atoms with Gasteiger partial charge in [0.1, 0.15) is 39.7 Å². The van der Waals surface area contributed by atoms with Crippen molar-refractivity contribution < 1.29 is 107 Å². The molecule has 119 heavy (non-hydrogen) atoms. The number of pyridine rings is 3. The van der Waals surface area contributed by atoms with Crippen molar-refractivity contribution in [1.82, 2.24) is 24.8 Å². The molecule has 3 N–H and O–H groups in total. The molecule has 5 aliphatic rings. The number of ketones is 1. The number of aliphatic hydroxyl groups is 1. The maximum atomic E-state index is 14.0. The summed E-state index contributed by atoms with van der Waals surface area (Å²) in [5, 5.41) is 29.6. The number of likely N-dealkylation sites (tertiary alicyclic amines) is 2. The van der Waals surface area contributed by atoms with Gasteiger partial charge in [0.2, 0.25) is 35.4 Å². The second-order valence-electron chi connectivity index (χ2n) is 31.6. The molecule has 22 nitrogen and oxygen atoms in total. The molecule has 1 unspecified atom stereocenters. The van der Waals surface area contributed by atoms with Crippen molar-refractivity contribution in [3.8, 4) is 34.9 Å². The molecule has 11 rings (SSSR count). The molecule has 0 bridgehead atoms. The number of halogens is 10. The average Bonchev–Trinajstić information content (AvgIpc) is 1.08. The van der Waals surface area contributed by atoms with E-state index >= 15 is 0 Å². The molecule has 654 valence electrons. The number of carbonyl (C=O) groups excluding carboxylic acids is 5. The van der Waals surface area contributed by atoms with Gasteiger partial charge in [-0.25, -0.2) is 29.3 Å². The molecule has 3 amide bonds. The lowest BCUT2D eigenvalue weighted by atomic mass is 9.82. The van der Waals surface area contributed by atoms with Gasteiger partial charge in [-0.05, 0) is 232 Å². The van der Waals surface area contributed by atoms with Gasteiger partial charge in [0.15, 0.2) is 0 Å². The Hall–Kier alpha value is -9.46. The van der Waals surface area contributed by atoms with Gasteiger partial charge in [0.25, 0.3) is 0 Å². The number of anilines is 3. The zero-order valence-electron chi connectivity index (χ0n) is 66.5. The van der Waals surface area contributed by atoms with Gasteiger partial charge < -0.3 is 49.0 Å². The molecule has 0 radical (unpaired) electrons. The molecule has 1 atom stereocenters. The van der Waals surface area contributed by atoms with Gasteiger partial charge in [-0.2, -0.15) is 39.5 Å². The van der Waals surface area contributed by atoms with E-state index in [1.165, 1.54) is 78.0 Å². The number of benzene rings is 3. The lowest BCUT2D eigenvalue weighted by molar-refractivity contribution is -0.139. The van der Waals surface area contributed by atoms with Crippen LogP contribution in [0.15, 0.2) is 91.4 Å². The molecule has 6 aromatic rings. The van der Waals surface area contributed by atoms with E-state index in [4.69, 9.17) is 30.5 Å². The molecular weight excluding hydrogens is 1590 g/mol. The number of carbonyl (C=O) groups is 7. The number of carboxylic acids is 2. The summed E-state index contributed by atoms with van der Waals surface area (Å²) in [4.78, 5) is 109. The maximum Gasteiger partial charge on any atom is 0.421 e. The lowest BCUT2D eigenvalue weighted by Crippen LogP contribution is -2.43. The fraction of sp³-hybridized carbons (Fsp3) is 0.540. The topological polar surface area (TPSA) is 272 Å². The van der Waals surface area contributed by atoms with Gasteiger partial charge in [0.05, 0.1) is 53.5 Å². The predicted octanol–water partition coefficient (Wildman–Crippen LogP) is 20.6. The van der Waals surface area contributed by atoms with Crippen LogP contribution in [0.2, 0.25) is 0 Å². The molecule has 5 heterocycles. The monoisotopic (exact) mass is 1700 g/mol. The first-order valence-corrected chi connectivity index (χ1v) is 39.5. The van der Waals surface area contributed by atoms with Crippen LogP contribution in [-0.4, -0.2) is 139 Å². The number of aromatic nitrogens is 3. The predicted molar refractivity (Wildman–Crippen MR) is 434 cm³/mol. The van der Waals surface area contributed by atoms with Crippen LogP contribution >= 0.6 is 11.6 Å². The largest absolute Gasteiger partial charge is 0.478 e. The van der Waals surface area contributed by atoms with E-state index in [2.05, 4.69) is 35.7 Å². The number of carboxylic acid groups (broad SMARTS) is 2. The fourth-order valence-corrected chi connectivity index (χ4v) is 15.4. The van der Waals surface area contributed by atoms with Crippen molar-refractivity contribution in [2.45, 2.75) is 236 Å². The van der Waals surface area contributed by atoms with Crippen LogP contribution in [-0.2, 0) is 61.4 Å². The molecule has 2 aliphatic heterocycles. The Morgan fingerprint density at radius 3 is 1.08 bits per heavy atom. The van der Waals surface area contributed by atoms with Crippen LogP contribution < -0.4 is 28.9 Å². The van der Waals surface area contributed by atoms with Crippen molar-refractivity contribution in [1.29, 1.82) is 0 Å². The zero-order valence-corrected chi connectivity index (χ0v) is 67.2. The number of alkyl halides is 10. The van der Waals surface area contributed by atoms with E-state index < -0.39 is 76.9 Å². The number of methoxy groups -OCH3 is 1. The number of β-amino-alcohol motifs (C(OH)–C–C–N with tert-alkyl or cyclic N) is 1. The number of Topliss-reactive ketones (excluding diaryl/α,β-unsaturated/α-hetero) is 1. The number of rotatable bonds is 23. The minimum Gasteiger partial charge on any atom is -0.478 e. The number of hydrogen-bond acceptors (Lipinski definition) is 17. The Balaban J connectivity index is 0.000000274. The molecule has 5 fully saturated rings. The highest BCUT2D eigenvalue weighted by atomic mass is 35.5. The summed E-state index contributed by atoms with van der Waals surface area (Å²) in [7, 11) is 1.19. The van der Waals surface area contributed by atoms with E-state index in [1.807, 2.05) is 18.7 Å². The fourth-order valence-electron chi connectivity index (χ4n) is 15.3. The van der Waals surface area contributed by atoms with Gasteiger partial charge in [-0.15, -0.1) is 11.6 Å². The maximum absolute atomic E-state index is 14.0.